The van der Waals surface area contributed by atoms with Crippen LogP contribution in [-0.4, -0.2) is 42.5 Å². The zero-order valence-electron chi connectivity index (χ0n) is 13.4. The molecule has 2 aliphatic rings. The summed E-state index contributed by atoms with van der Waals surface area (Å²) >= 11 is 0. The molecule has 2 heterocycles. The highest BCUT2D eigenvalue weighted by Gasteiger charge is 2.35. The molecule has 0 radical (unpaired) electrons. The topological polar surface area (TPSA) is 27.6 Å². The molecule has 0 aromatic carbocycles. The molecule has 0 amide bonds. The number of likely N-dealkylation sites (tertiary alicyclic amines) is 1. The second-order valence-corrected chi connectivity index (χ2v) is 6.55. The average molecular weight is 277 g/mol. The fourth-order valence-electron chi connectivity index (χ4n) is 3.42. The number of allylic oxidation sites excluding steroid dienone is 1. The smallest absolute Gasteiger partial charge is 0.131 e. The van der Waals surface area contributed by atoms with Crippen LogP contribution in [-0.2, 0) is 0 Å². The molecule has 3 nitrogen and oxygen atoms in total. The molecule has 1 N–H and O–H groups in total. The predicted molar refractivity (Wildman–Crippen MR) is 87.3 cm³/mol. The molecular formula is C17H31N3. The van der Waals surface area contributed by atoms with Crippen LogP contribution in [0.1, 0.15) is 52.9 Å². The van der Waals surface area contributed by atoms with Crippen molar-refractivity contribution in [3.8, 4) is 0 Å². The normalized spacial score (nSPS) is 27.8. The third kappa shape index (κ3) is 3.92. The van der Waals surface area contributed by atoms with Gasteiger partial charge in [-0.3, -0.25) is 9.89 Å². The van der Waals surface area contributed by atoms with Gasteiger partial charge in [-0.25, -0.2) is 0 Å². The minimum atomic E-state index is -0.00975. The van der Waals surface area contributed by atoms with Crippen LogP contribution in [0.25, 0.3) is 0 Å². The summed E-state index contributed by atoms with van der Waals surface area (Å²) in [7, 11) is 0. The third-order valence-corrected chi connectivity index (χ3v) is 4.77. The first-order valence-electron chi connectivity index (χ1n) is 8.38. The SMILES string of the molecule is CCC1(N2CCC(CCCNC(C)C)CC2)C=CC=N1. The molecule has 0 aromatic rings. The van der Waals surface area contributed by atoms with E-state index in [4.69, 9.17) is 4.99 Å². The van der Waals surface area contributed by atoms with Gasteiger partial charge in [0.1, 0.15) is 5.66 Å². The van der Waals surface area contributed by atoms with Crippen molar-refractivity contribution in [2.75, 3.05) is 19.6 Å². The highest BCUT2D eigenvalue weighted by Crippen LogP contribution is 2.32. The van der Waals surface area contributed by atoms with Gasteiger partial charge in [0.05, 0.1) is 0 Å². The minimum Gasteiger partial charge on any atom is -0.315 e. The van der Waals surface area contributed by atoms with Gasteiger partial charge < -0.3 is 5.32 Å². The van der Waals surface area contributed by atoms with Crippen molar-refractivity contribution in [3.63, 3.8) is 0 Å². The maximum atomic E-state index is 4.71. The summed E-state index contributed by atoms with van der Waals surface area (Å²) in [6, 6.07) is 0.619. The van der Waals surface area contributed by atoms with Crippen LogP contribution < -0.4 is 5.32 Å². The Morgan fingerprint density at radius 2 is 2.10 bits per heavy atom. The summed E-state index contributed by atoms with van der Waals surface area (Å²) in [5.74, 6) is 0.920. The van der Waals surface area contributed by atoms with Crippen molar-refractivity contribution >= 4 is 6.21 Å². The number of hydrogen-bond donors (Lipinski definition) is 1. The highest BCUT2D eigenvalue weighted by atomic mass is 15.3. The van der Waals surface area contributed by atoms with Crippen LogP contribution in [0.4, 0.5) is 0 Å². The number of nitrogens with one attached hydrogen (secondary N) is 1. The third-order valence-electron chi connectivity index (χ3n) is 4.77. The predicted octanol–water partition coefficient (Wildman–Crippen LogP) is 3.22. The fourth-order valence-corrected chi connectivity index (χ4v) is 3.42. The van der Waals surface area contributed by atoms with E-state index in [0.717, 1.165) is 12.3 Å². The van der Waals surface area contributed by atoms with Crippen LogP contribution in [0.2, 0.25) is 0 Å². The fraction of sp³-hybridized carbons (Fsp3) is 0.824. The first kappa shape index (κ1) is 15.7. The van der Waals surface area contributed by atoms with Crippen molar-refractivity contribution in [2.45, 2.75) is 64.6 Å². The Morgan fingerprint density at radius 3 is 2.65 bits per heavy atom. The van der Waals surface area contributed by atoms with Gasteiger partial charge in [0.25, 0.3) is 0 Å². The molecule has 1 unspecified atom stereocenters. The second-order valence-electron chi connectivity index (χ2n) is 6.55. The standard InChI is InChI=1S/C17H31N3/c1-4-17(10-6-12-19-17)20-13-8-16(9-14-20)7-5-11-18-15(2)3/h6,10,12,15-16,18H,4-5,7-9,11,13-14H2,1-3H3. The highest BCUT2D eigenvalue weighted by molar-refractivity contribution is 5.75. The van der Waals surface area contributed by atoms with E-state index in [9.17, 15) is 0 Å². The Balaban J connectivity index is 1.70. The van der Waals surface area contributed by atoms with Gasteiger partial charge in [-0.05, 0) is 56.7 Å². The maximum Gasteiger partial charge on any atom is 0.131 e. The van der Waals surface area contributed by atoms with Crippen molar-refractivity contribution in [3.05, 3.63) is 12.2 Å². The summed E-state index contributed by atoms with van der Waals surface area (Å²) in [5, 5.41) is 3.52. The molecular weight excluding hydrogens is 246 g/mol. The largest absolute Gasteiger partial charge is 0.315 e. The average Bonchev–Trinajstić information content (AvgIpc) is 2.94. The van der Waals surface area contributed by atoms with Crippen molar-refractivity contribution in [2.24, 2.45) is 10.9 Å². The van der Waals surface area contributed by atoms with E-state index in [-0.39, 0.29) is 5.66 Å². The minimum absolute atomic E-state index is 0.00975. The molecule has 1 atom stereocenters. The van der Waals surface area contributed by atoms with Crippen LogP contribution in [0.15, 0.2) is 17.1 Å². The van der Waals surface area contributed by atoms with Gasteiger partial charge in [-0.1, -0.05) is 20.8 Å². The van der Waals surface area contributed by atoms with Crippen LogP contribution in [0, 0.1) is 5.92 Å². The lowest BCUT2D eigenvalue weighted by Gasteiger charge is -2.41. The van der Waals surface area contributed by atoms with E-state index < -0.39 is 0 Å². The van der Waals surface area contributed by atoms with Gasteiger partial charge in [0, 0.05) is 25.3 Å². The molecule has 2 rings (SSSR count). The van der Waals surface area contributed by atoms with Gasteiger partial charge in [0.15, 0.2) is 0 Å². The van der Waals surface area contributed by atoms with E-state index in [0.29, 0.717) is 6.04 Å². The first-order valence-corrected chi connectivity index (χ1v) is 8.38. The summed E-state index contributed by atoms with van der Waals surface area (Å²) in [5.41, 5.74) is -0.00975. The Bertz CT molecular complexity index is 326. The molecule has 0 aliphatic carbocycles. The molecule has 3 heteroatoms. The van der Waals surface area contributed by atoms with E-state index in [2.05, 4.69) is 43.1 Å². The lowest BCUT2D eigenvalue weighted by Crippen LogP contribution is -2.48. The lowest BCUT2D eigenvalue weighted by atomic mass is 9.90. The monoisotopic (exact) mass is 277 g/mol. The van der Waals surface area contributed by atoms with Crippen LogP contribution in [0.3, 0.4) is 0 Å². The molecule has 20 heavy (non-hydrogen) atoms. The molecule has 1 fully saturated rings. The molecule has 0 spiro atoms. The van der Waals surface area contributed by atoms with Crippen molar-refractivity contribution < 1.29 is 0 Å². The van der Waals surface area contributed by atoms with E-state index in [1.807, 2.05) is 6.21 Å². The number of hydrogen-bond acceptors (Lipinski definition) is 3. The van der Waals surface area contributed by atoms with Crippen molar-refractivity contribution in [1.29, 1.82) is 0 Å². The van der Waals surface area contributed by atoms with Crippen LogP contribution >= 0.6 is 0 Å². The first-order chi connectivity index (χ1) is 9.66. The number of aliphatic imine (C=N–C) groups is 1. The van der Waals surface area contributed by atoms with Gasteiger partial charge in [-0.15, -0.1) is 0 Å². The Morgan fingerprint density at radius 1 is 1.35 bits per heavy atom. The summed E-state index contributed by atoms with van der Waals surface area (Å²) < 4.78 is 0. The zero-order valence-corrected chi connectivity index (χ0v) is 13.4. The van der Waals surface area contributed by atoms with Gasteiger partial charge in [0.2, 0.25) is 0 Å². The molecule has 0 saturated carbocycles. The van der Waals surface area contributed by atoms with E-state index in [1.54, 1.807) is 0 Å². The summed E-state index contributed by atoms with van der Waals surface area (Å²) in [4.78, 5) is 7.29. The number of rotatable bonds is 7. The van der Waals surface area contributed by atoms with Gasteiger partial charge in [-0.2, -0.15) is 0 Å². The van der Waals surface area contributed by atoms with Gasteiger partial charge >= 0.3 is 0 Å². The molecule has 0 bridgehead atoms. The Hall–Kier alpha value is -0.670. The molecule has 114 valence electrons. The van der Waals surface area contributed by atoms with E-state index >= 15 is 0 Å². The lowest BCUT2D eigenvalue weighted by molar-refractivity contribution is 0.0843. The maximum absolute atomic E-state index is 4.71. The molecule has 0 aromatic heterocycles. The Kier molecular flexibility index (Phi) is 5.79. The quantitative estimate of drug-likeness (QED) is 0.724. The summed E-state index contributed by atoms with van der Waals surface area (Å²) in [6.45, 7) is 10.3. The van der Waals surface area contributed by atoms with Crippen molar-refractivity contribution in [1.82, 2.24) is 10.2 Å². The molecule has 2 aliphatic heterocycles. The zero-order chi connectivity index (χ0) is 14.4. The van der Waals surface area contributed by atoms with Crippen LogP contribution in [0.5, 0.6) is 0 Å². The summed E-state index contributed by atoms with van der Waals surface area (Å²) in [6.07, 6.45) is 12.8. The van der Waals surface area contributed by atoms with E-state index in [1.165, 1.54) is 45.3 Å². The Labute approximate surface area is 124 Å². The number of piperidine rings is 1. The molecule has 1 saturated heterocycles. The second kappa shape index (κ2) is 7.37. The number of nitrogens with zero attached hydrogens (tertiary/aromatic N) is 2.